The molecule has 1 fully saturated rings. The molecule has 0 saturated heterocycles. The lowest BCUT2D eigenvalue weighted by atomic mass is 10.2. The van der Waals surface area contributed by atoms with Crippen molar-refractivity contribution in [2.75, 3.05) is 23.7 Å². The standard InChI is InChI=1S/C24H25ClFN5O2/c1-15-11-16(2)31(29-15)20-9-10-22(21(26)12-20)28-23(32)14-30(13-17-3-4-17)24(33)27-19-7-5-18(25)6-8-19/h5-12,17H,3-4,13-14H2,1-2H3,(H,27,33)(H,28,32). The van der Waals surface area contributed by atoms with Crippen LogP contribution in [0.1, 0.15) is 24.2 Å². The number of aromatic nitrogens is 2. The van der Waals surface area contributed by atoms with Crippen molar-refractivity contribution >= 4 is 34.9 Å². The number of hydrogen-bond acceptors (Lipinski definition) is 3. The summed E-state index contributed by atoms with van der Waals surface area (Å²) in [6, 6.07) is 12.7. The maximum atomic E-state index is 14.7. The van der Waals surface area contributed by atoms with E-state index < -0.39 is 11.7 Å². The fourth-order valence-corrected chi connectivity index (χ4v) is 3.68. The second kappa shape index (κ2) is 9.62. The van der Waals surface area contributed by atoms with E-state index >= 15 is 0 Å². The van der Waals surface area contributed by atoms with Crippen molar-refractivity contribution in [3.05, 3.63) is 70.8 Å². The monoisotopic (exact) mass is 469 g/mol. The summed E-state index contributed by atoms with van der Waals surface area (Å²) in [6.45, 7) is 4.03. The van der Waals surface area contributed by atoms with E-state index in [1.165, 1.54) is 17.0 Å². The van der Waals surface area contributed by atoms with E-state index in [1.807, 2.05) is 19.9 Å². The number of benzene rings is 2. The van der Waals surface area contributed by atoms with Gasteiger partial charge in [0.25, 0.3) is 0 Å². The van der Waals surface area contributed by atoms with E-state index in [1.54, 1.807) is 35.0 Å². The molecule has 4 rings (SSSR count). The first kappa shape index (κ1) is 22.8. The summed E-state index contributed by atoms with van der Waals surface area (Å²) in [7, 11) is 0. The molecule has 0 bridgehead atoms. The van der Waals surface area contributed by atoms with Crippen molar-refractivity contribution in [2.45, 2.75) is 26.7 Å². The molecule has 0 spiro atoms. The molecule has 33 heavy (non-hydrogen) atoms. The quantitative estimate of drug-likeness (QED) is 0.501. The number of anilines is 2. The number of carbonyl (C=O) groups excluding carboxylic acids is 2. The number of nitrogens with zero attached hydrogens (tertiary/aromatic N) is 3. The van der Waals surface area contributed by atoms with Crippen LogP contribution in [0.4, 0.5) is 20.6 Å². The average molecular weight is 470 g/mol. The molecule has 0 radical (unpaired) electrons. The second-order valence-corrected chi connectivity index (χ2v) is 8.75. The molecule has 1 aliphatic carbocycles. The molecule has 1 aromatic heterocycles. The molecule has 3 aromatic rings. The maximum absolute atomic E-state index is 14.7. The molecule has 172 valence electrons. The average Bonchev–Trinajstić information content (AvgIpc) is 3.52. The van der Waals surface area contributed by atoms with E-state index in [0.717, 1.165) is 24.2 Å². The predicted molar refractivity (Wildman–Crippen MR) is 126 cm³/mol. The van der Waals surface area contributed by atoms with Gasteiger partial charge in [-0.2, -0.15) is 5.10 Å². The number of rotatable bonds is 7. The Bertz CT molecular complexity index is 1170. The highest BCUT2D eigenvalue weighted by molar-refractivity contribution is 6.30. The van der Waals surface area contributed by atoms with Crippen LogP contribution in [-0.2, 0) is 4.79 Å². The Kier molecular flexibility index (Phi) is 6.65. The zero-order chi connectivity index (χ0) is 23.5. The largest absolute Gasteiger partial charge is 0.322 e. The highest BCUT2D eigenvalue weighted by atomic mass is 35.5. The smallest absolute Gasteiger partial charge is 0.322 e. The normalized spacial score (nSPS) is 13.0. The van der Waals surface area contributed by atoms with Gasteiger partial charge in [-0.3, -0.25) is 4.79 Å². The second-order valence-electron chi connectivity index (χ2n) is 8.31. The first-order valence-electron chi connectivity index (χ1n) is 10.7. The number of carbonyl (C=O) groups is 2. The fourth-order valence-electron chi connectivity index (χ4n) is 3.56. The molecule has 1 aliphatic rings. The van der Waals surface area contributed by atoms with Crippen LogP contribution < -0.4 is 10.6 Å². The van der Waals surface area contributed by atoms with Gasteiger partial charge in [-0.05, 0) is 75.1 Å². The van der Waals surface area contributed by atoms with E-state index in [4.69, 9.17) is 11.6 Å². The Morgan fingerprint density at radius 2 is 1.85 bits per heavy atom. The molecule has 9 heteroatoms. The predicted octanol–water partition coefficient (Wildman–Crippen LogP) is 5.16. The summed E-state index contributed by atoms with van der Waals surface area (Å²) >= 11 is 5.89. The van der Waals surface area contributed by atoms with Gasteiger partial charge in [0.1, 0.15) is 12.4 Å². The minimum Gasteiger partial charge on any atom is -0.322 e. The van der Waals surface area contributed by atoms with Crippen molar-refractivity contribution in [3.63, 3.8) is 0 Å². The molecule has 2 N–H and O–H groups in total. The van der Waals surface area contributed by atoms with Crippen LogP contribution in [0.15, 0.2) is 48.5 Å². The Morgan fingerprint density at radius 1 is 1.12 bits per heavy atom. The lowest BCUT2D eigenvalue weighted by molar-refractivity contribution is -0.116. The van der Waals surface area contributed by atoms with E-state index in [0.29, 0.717) is 28.9 Å². The number of amides is 3. The van der Waals surface area contributed by atoms with Crippen LogP contribution in [0.5, 0.6) is 0 Å². The van der Waals surface area contributed by atoms with Gasteiger partial charge in [0.15, 0.2) is 0 Å². The lowest BCUT2D eigenvalue weighted by Gasteiger charge is -2.22. The van der Waals surface area contributed by atoms with Gasteiger partial charge in [0.2, 0.25) is 5.91 Å². The molecule has 0 unspecified atom stereocenters. The molecule has 3 amide bonds. The van der Waals surface area contributed by atoms with Crippen molar-refractivity contribution in [2.24, 2.45) is 5.92 Å². The Hall–Kier alpha value is -3.39. The first-order chi connectivity index (χ1) is 15.8. The Labute approximate surface area is 196 Å². The zero-order valence-electron chi connectivity index (χ0n) is 18.4. The van der Waals surface area contributed by atoms with Crippen LogP contribution >= 0.6 is 11.6 Å². The molecule has 1 heterocycles. The van der Waals surface area contributed by atoms with Crippen molar-refractivity contribution in [1.29, 1.82) is 0 Å². The van der Waals surface area contributed by atoms with Gasteiger partial charge < -0.3 is 15.5 Å². The third-order valence-electron chi connectivity index (χ3n) is 5.37. The molecule has 1 saturated carbocycles. The van der Waals surface area contributed by atoms with Crippen molar-refractivity contribution < 1.29 is 14.0 Å². The van der Waals surface area contributed by atoms with Crippen molar-refractivity contribution in [3.8, 4) is 5.69 Å². The van der Waals surface area contributed by atoms with Gasteiger partial charge >= 0.3 is 6.03 Å². The van der Waals surface area contributed by atoms with Gasteiger partial charge in [-0.15, -0.1) is 0 Å². The number of urea groups is 1. The van der Waals surface area contributed by atoms with Gasteiger partial charge in [-0.1, -0.05) is 11.6 Å². The Morgan fingerprint density at radius 3 is 2.45 bits per heavy atom. The number of nitrogens with one attached hydrogen (secondary N) is 2. The summed E-state index contributed by atoms with van der Waals surface area (Å²) in [5.41, 5.74) is 2.91. The SMILES string of the molecule is Cc1cc(C)n(-c2ccc(NC(=O)CN(CC3CC3)C(=O)Nc3ccc(Cl)cc3)c(F)c2)n1. The van der Waals surface area contributed by atoms with Crippen LogP contribution in [0.3, 0.4) is 0 Å². The molecule has 0 atom stereocenters. The topological polar surface area (TPSA) is 79.3 Å². The van der Waals surface area contributed by atoms with E-state index in [2.05, 4.69) is 15.7 Å². The molecular formula is C24H25ClFN5O2. The van der Waals surface area contributed by atoms with E-state index in [-0.39, 0.29) is 18.3 Å². The van der Waals surface area contributed by atoms with Gasteiger partial charge in [0.05, 0.1) is 17.1 Å². The maximum Gasteiger partial charge on any atom is 0.322 e. The molecule has 2 aromatic carbocycles. The van der Waals surface area contributed by atoms with Crippen molar-refractivity contribution in [1.82, 2.24) is 14.7 Å². The molecular weight excluding hydrogens is 445 g/mol. The van der Waals surface area contributed by atoms with Crippen LogP contribution in [0.25, 0.3) is 5.69 Å². The fraction of sp³-hybridized carbons (Fsp3) is 0.292. The lowest BCUT2D eigenvalue weighted by Crippen LogP contribution is -2.41. The highest BCUT2D eigenvalue weighted by Gasteiger charge is 2.28. The minimum atomic E-state index is -0.576. The summed E-state index contributed by atoms with van der Waals surface area (Å²) in [6.07, 6.45) is 2.05. The van der Waals surface area contributed by atoms with Crippen LogP contribution in [-0.4, -0.2) is 39.7 Å². The number of halogens is 2. The number of hydrogen-bond donors (Lipinski definition) is 2. The van der Waals surface area contributed by atoms with E-state index in [9.17, 15) is 14.0 Å². The number of aryl methyl sites for hydroxylation is 2. The molecule has 7 nitrogen and oxygen atoms in total. The summed E-state index contributed by atoms with van der Waals surface area (Å²) in [5.74, 6) is -0.669. The molecule has 0 aliphatic heterocycles. The first-order valence-corrected chi connectivity index (χ1v) is 11.1. The third kappa shape index (κ3) is 5.90. The van der Waals surface area contributed by atoms with Gasteiger partial charge in [-0.25, -0.2) is 13.9 Å². The summed E-state index contributed by atoms with van der Waals surface area (Å²) in [5, 5.41) is 10.3. The minimum absolute atomic E-state index is 0.0507. The summed E-state index contributed by atoms with van der Waals surface area (Å²) < 4.78 is 16.4. The highest BCUT2D eigenvalue weighted by Crippen LogP contribution is 2.30. The van der Waals surface area contributed by atoms with Gasteiger partial charge in [0, 0.05) is 29.0 Å². The third-order valence-corrected chi connectivity index (χ3v) is 5.63. The van der Waals surface area contributed by atoms with Crippen LogP contribution in [0, 0.1) is 25.6 Å². The van der Waals surface area contributed by atoms with Crippen LogP contribution in [0.2, 0.25) is 5.02 Å². The zero-order valence-corrected chi connectivity index (χ0v) is 19.2. The summed E-state index contributed by atoms with van der Waals surface area (Å²) in [4.78, 5) is 26.9. The Balaban J connectivity index is 1.42.